The molecule has 2 heteroatoms. The fraction of sp³-hybridized carbons (Fsp3) is 0. The highest BCUT2D eigenvalue weighted by Crippen LogP contribution is 2.45. The van der Waals surface area contributed by atoms with Crippen LogP contribution in [0.1, 0.15) is 0 Å². The summed E-state index contributed by atoms with van der Waals surface area (Å²) < 4.78 is 6.58. The number of benzene rings is 9. The smallest absolute Gasteiger partial charge is 0.143 e. The van der Waals surface area contributed by atoms with Gasteiger partial charge in [0.25, 0.3) is 0 Å². The maximum absolute atomic E-state index is 6.58. The molecule has 0 amide bonds. The van der Waals surface area contributed by atoms with Crippen LogP contribution in [0.15, 0.2) is 205 Å². The third-order valence-corrected chi connectivity index (χ3v) is 10.2. The molecule has 0 aliphatic heterocycles. The quantitative estimate of drug-likeness (QED) is 0.176. The minimum Gasteiger partial charge on any atom is -0.455 e. The predicted octanol–water partition coefficient (Wildman–Crippen LogP) is 14.4. The van der Waals surface area contributed by atoms with Gasteiger partial charge in [0.05, 0.1) is 5.69 Å². The lowest BCUT2D eigenvalue weighted by Crippen LogP contribution is -2.11. The monoisotopic (exact) mass is 663 g/mol. The molecule has 52 heavy (non-hydrogen) atoms. The molecular formula is C50H33NO. The molecule has 0 aliphatic rings. The lowest BCUT2D eigenvalue weighted by molar-refractivity contribution is 0.673. The van der Waals surface area contributed by atoms with Gasteiger partial charge >= 0.3 is 0 Å². The summed E-state index contributed by atoms with van der Waals surface area (Å²) in [6.45, 7) is 0. The van der Waals surface area contributed by atoms with Crippen LogP contribution in [-0.4, -0.2) is 0 Å². The van der Waals surface area contributed by atoms with Crippen LogP contribution < -0.4 is 4.90 Å². The van der Waals surface area contributed by atoms with Crippen LogP contribution in [0.25, 0.3) is 76.9 Å². The van der Waals surface area contributed by atoms with E-state index in [9.17, 15) is 0 Å². The zero-order valence-electron chi connectivity index (χ0n) is 28.4. The highest BCUT2D eigenvalue weighted by Gasteiger charge is 2.20. The first-order chi connectivity index (χ1) is 25.8. The second-order valence-electron chi connectivity index (χ2n) is 13.3. The summed E-state index contributed by atoms with van der Waals surface area (Å²) in [7, 11) is 0. The zero-order chi connectivity index (χ0) is 34.4. The lowest BCUT2D eigenvalue weighted by Gasteiger charge is -2.29. The number of rotatable bonds is 6. The summed E-state index contributed by atoms with van der Waals surface area (Å²) in [5.41, 5.74) is 12.1. The molecule has 1 heterocycles. The Bertz CT molecular complexity index is 2910. The van der Waals surface area contributed by atoms with Crippen molar-refractivity contribution < 1.29 is 4.42 Å². The van der Waals surface area contributed by atoms with Gasteiger partial charge in [-0.2, -0.15) is 0 Å². The third kappa shape index (κ3) is 5.04. The van der Waals surface area contributed by atoms with Gasteiger partial charge in [-0.15, -0.1) is 0 Å². The van der Waals surface area contributed by atoms with Crippen molar-refractivity contribution >= 4 is 60.5 Å². The van der Waals surface area contributed by atoms with Gasteiger partial charge in [-0.1, -0.05) is 158 Å². The van der Waals surface area contributed by atoms with Crippen molar-refractivity contribution in [2.75, 3.05) is 4.90 Å². The fourth-order valence-corrected chi connectivity index (χ4v) is 7.85. The Labute approximate surface area is 302 Å². The second-order valence-corrected chi connectivity index (χ2v) is 13.3. The fourth-order valence-electron chi connectivity index (χ4n) is 7.85. The van der Waals surface area contributed by atoms with E-state index in [1.54, 1.807) is 0 Å². The molecule has 1 aromatic heterocycles. The van der Waals surface area contributed by atoms with E-state index in [-0.39, 0.29) is 0 Å². The van der Waals surface area contributed by atoms with Crippen LogP contribution in [-0.2, 0) is 0 Å². The van der Waals surface area contributed by atoms with Gasteiger partial charge in [-0.3, -0.25) is 0 Å². The molecule has 10 rings (SSSR count). The molecule has 0 spiro atoms. The largest absolute Gasteiger partial charge is 0.455 e. The van der Waals surface area contributed by atoms with Crippen molar-refractivity contribution in [1.82, 2.24) is 0 Å². The summed E-state index contributed by atoms with van der Waals surface area (Å²) in [5.74, 6) is 0. The van der Waals surface area contributed by atoms with Gasteiger partial charge in [0.15, 0.2) is 0 Å². The Kier molecular flexibility index (Phi) is 7.18. The van der Waals surface area contributed by atoms with Gasteiger partial charge in [-0.25, -0.2) is 0 Å². The zero-order valence-corrected chi connectivity index (χ0v) is 28.4. The maximum atomic E-state index is 6.58. The van der Waals surface area contributed by atoms with E-state index >= 15 is 0 Å². The molecule has 0 aliphatic carbocycles. The molecule has 0 saturated carbocycles. The highest BCUT2D eigenvalue weighted by atomic mass is 16.3. The third-order valence-electron chi connectivity index (χ3n) is 10.2. The molecule has 0 saturated heterocycles. The molecule has 10 aromatic rings. The topological polar surface area (TPSA) is 16.4 Å². The van der Waals surface area contributed by atoms with Crippen LogP contribution in [0, 0.1) is 0 Å². The molecule has 0 atom stereocenters. The molecule has 2 nitrogen and oxygen atoms in total. The van der Waals surface area contributed by atoms with Crippen molar-refractivity contribution in [2.24, 2.45) is 0 Å². The SMILES string of the molecule is c1ccc(-c2ccccc2N(c2cccc(-c3cccc4ccccc34)c2)c2cccc(-c3cccc4oc5c6ccccc6ccc5c34)c2)cc1. The molecule has 244 valence electrons. The van der Waals surface area contributed by atoms with E-state index in [1.165, 1.54) is 38.4 Å². The molecule has 0 fully saturated rings. The number of para-hydroxylation sites is 1. The number of furan rings is 1. The summed E-state index contributed by atoms with van der Waals surface area (Å²) in [4.78, 5) is 2.40. The number of nitrogens with zero attached hydrogens (tertiary/aromatic N) is 1. The Morgan fingerprint density at radius 1 is 0.346 bits per heavy atom. The molecule has 0 bridgehead atoms. The maximum Gasteiger partial charge on any atom is 0.143 e. The number of anilines is 3. The number of fused-ring (bicyclic) bond motifs is 6. The van der Waals surface area contributed by atoms with Crippen molar-refractivity contribution in [2.45, 2.75) is 0 Å². The second kappa shape index (κ2) is 12.5. The average Bonchev–Trinajstić information content (AvgIpc) is 3.61. The molecule has 9 aromatic carbocycles. The Morgan fingerprint density at radius 2 is 0.904 bits per heavy atom. The molecule has 0 N–H and O–H groups in total. The molecule has 0 unspecified atom stereocenters. The van der Waals surface area contributed by atoms with Crippen LogP contribution in [0.3, 0.4) is 0 Å². The Morgan fingerprint density at radius 3 is 1.71 bits per heavy atom. The summed E-state index contributed by atoms with van der Waals surface area (Å²) in [5, 5.41) is 7.05. The first-order valence-electron chi connectivity index (χ1n) is 17.8. The molecule has 0 radical (unpaired) electrons. The predicted molar refractivity (Wildman–Crippen MR) is 220 cm³/mol. The van der Waals surface area contributed by atoms with Gasteiger partial charge < -0.3 is 9.32 Å². The average molecular weight is 664 g/mol. The van der Waals surface area contributed by atoms with Crippen molar-refractivity contribution in [3.8, 4) is 33.4 Å². The van der Waals surface area contributed by atoms with E-state index in [0.29, 0.717) is 0 Å². The summed E-state index contributed by atoms with van der Waals surface area (Å²) >= 11 is 0. The lowest BCUT2D eigenvalue weighted by atomic mass is 9.96. The normalized spacial score (nSPS) is 11.5. The van der Waals surface area contributed by atoms with Crippen LogP contribution >= 0.6 is 0 Å². The van der Waals surface area contributed by atoms with E-state index in [2.05, 4.69) is 205 Å². The van der Waals surface area contributed by atoms with Gasteiger partial charge in [0.2, 0.25) is 0 Å². The van der Waals surface area contributed by atoms with Crippen molar-refractivity contribution in [3.05, 3.63) is 200 Å². The first-order valence-corrected chi connectivity index (χ1v) is 17.8. The number of hydrogen-bond acceptors (Lipinski definition) is 2. The minimum atomic E-state index is 0.892. The van der Waals surface area contributed by atoms with Gasteiger partial charge in [-0.05, 0) is 86.4 Å². The Hall–Kier alpha value is -6.90. The summed E-state index contributed by atoms with van der Waals surface area (Å²) in [6.07, 6.45) is 0. The summed E-state index contributed by atoms with van der Waals surface area (Å²) in [6, 6.07) is 71.7. The van der Waals surface area contributed by atoms with E-state index in [0.717, 1.165) is 55.5 Å². The highest BCUT2D eigenvalue weighted by molar-refractivity contribution is 6.19. The van der Waals surface area contributed by atoms with E-state index in [1.807, 2.05) is 0 Å². The van der Waals surface area contributed by atoms with Gasteiger partial charge in [0, 0.05) is 33.1 Å². The van der Waals surface area contributed by atoms with E-state index in [4.69, 9.17) is 4.42 Å². The van der Waals surface area contributed by atoms with Crippen molar-refractivity contribution in [1.29, 1.82) is 0 Å². The number of hydrogen-bond donors (Lipinski definition) is 0. The van der Waals surface area contributed by atoms with E-state index < -0.39 is 0 Å². The molecular weight excluding hydrogens is 631 g/mol. The van der Waals surface area contributed by atoms with Crippen LogP contribution in [0.5, 0.6) is 0 Å². The van der Waals surface area contributed by atoms with Gasteiger partial charge in [0.1, 0.15) is 11.2 Å². The van der Waals surface area contributed by atoms with Crippen LogP contribution in [0.2, 0.25) is 0 Å². The standard InChI is InChI=1S/C50H33NO/c1-2-14-35(15-3-1)43-24-8-9-28-47(43)51(39-21-10-19-37(32-39)42-26-12-18-34-16-4-6-23-41(34)42)40-22-11-20-38(33-40)44-27-13-29-48-49(44)46-31-30-36-17-5-7-25-45(36)50(46)52-48/h1-33H. The van der Waals surface area contributed by atoms with Crippen molar-refractivity contribution in [3.63, 3.8) is 0 Å². The van der Waals surface area contributed by atoms with Crippen LogP contribution in [0.4, 0.5) is 17.1 Å². The first kappa shape index (κ1) is 30.0. The Balaban J connectivity index is 1.19. The minimum absolute atomic E-state index is 0.892.